The molecular weight excluding hydrogens is 266 g/mol. The number of amides is 1. The van der Waals surface area contributed by atoms with Crippen molar-refractivity contribution in [1.82, 2.24) is 4.90 Å². The fraction of sp³-hybridized carbons (Fsp3) is 0.308. The number of nitrogens with zero attached hydrogens (tertiary/aromatic N) is 1. The Balaban J connectivity index is 2.41. The van der Waals surface area contributed by atoms with E-state index in [1.165, 1.54) is 26.0 Å². The van der Waals surface area contributed by atoms with Crippen molar-refractivity contribution in [3.8, 4) is 17.2 Å². The second kappa shape index (κ2) is 5.44. The highest BCUT2D eigenvalue weighted by Gasteiger charge is 2.22. The van der Waals surface area contributed by atoms with E-state index in [0.717, 1.165) is 10.6 Å². The first-order valence-corrected chi connectivity index (χ1v) is 6.61. The third-order valence-corrected chi connectivity index (χ3v) is 3.92. The molecule has 1 aromatic rings. The third kappa shape index (κ3) is 2.63. The zero-order chi connectivity index (χ0) is 14.0. The van der Waals surface area contributed by atoms with Gasteiger partial charge < -0.3 is 19.5 Å². The maximum Gasteiger partial charge on any atom is 0.237 e. The number of benzene rings is 1. The highest BCUT2D eigenvalue weighted by Crippen LogP contribution is 2.38. The summed E-state index contributed by atoms with van der Waals surface area (Å²) in [4.78, 5) is 13.1. The van der Waals surface area contributed by atoms with Crippen LogP contribution in [0.25, 0.3) is 6.08 Å². The number of hydrogen-bond donors (Lipinski definition) is 1. The molecule has 0 saturated carbocycles. The van der Waals surface area contributed by atoms with Crippen molar-refractivity contribution in [3.05, 3.63) is 22.7 Å². The molecule has 1 amide bonds. The predicted octanol–water partition coefficient (Wildman–Crippen LogP) is 1.91. The molecule has 1 aliphatic heterocycles. The molecule has 1 heterocycles. The number of carbonyl (C=O) groups is 1. The van der Waals surface area contributed by atoms with E-state index in [1.807, 2.05) is 6.08 Å². The Morgan fingerprint density at radius 3 is 2.32 bits per heavy atom. The Kier molecular flexibility index (Phi) is 3.90. The van der Waals surface area contributed by atoms with Gasteiger partial charge in [0.05, 0.1) is 25.0 Å². The molecule has 0 aliphatic carbocycles. The van der Waals surface area contributed by atoms with E-state index in [-0.39, 0.29) is 11.7 Å². The number of aromatic hydroxyl groups is 1. The average molecular weight is 281 g/mol. The first-order valence-electron chi connectivity index (χ1n) is 5.63. The van der Waals surface area contributed by atoms with E-state index in [4.69, 9.17) is 9.47 Å². The molecule has 0 unspecified atom stereocenters. The van der Waals surface area contributed by atoms with Crippen molar-refractivity contribution in [2.75, 3.05) is 27.0 Å². The summed E-state index contributed by atoms with van der Waals surface area (Å²) in [5.41, 5.74) is 0.801. The van der Waals surface area contributed by atoms with Crippen molar-refractivity contribution >= 4 is 23.7 Å². The van der Waals surface area contributed by atoms with Crippen LogP contribution in [-0.4, -0.2) is 42.9 Å². The molecule has 1 aromatic carbocycles. The molecule has 5 nitrogen and oxygen atoms in total. The second-order valence-electron chi connectivity index (χ2n) is 4.00. The summed E-state index contributed by atoms with van der Waals surface area (Å²) < 4.78 is 10.2. The van der Waals surface area contributed by atoms with Gasteiger partial charge >= 0.3 is 0 Å². The van der Waals surface area contributed by atoms with Crippen LogP contribution in [0.3, 0.4) is 0 Å². The highest BCUT2D eigenvalue weighted by molar-refractivity contribution is 8.04. The standard InChI is InChI=1S/C13H15NO4S/c1-14-11(15)7-19-12(14)6-8-4-9(17-2)13(16)10(5-8)18-3/h4-6,16H,7H2,1-3H3. The lowest BCUT2D eigenvalue weighted by molar-refractivity contribution is -0.124. The summed E-state index contributed by atoms with van der Waals surface area (Å²) in [5, 5.41) is 10.7. The van der Waals surface area contributed by atoms with Crippen molar-refractivity contribution in [1.29, 1.82) is 0 Å². The van der Waals surface area contributed by atoms with Crippen LogP contribution in [0.2, 0.25) is 0 Å². The number of phenolic OH excluding ortho intramolecular Hbond substituents is 1. The minimum absolute atomic E-state index is 0.0318. The topological polar surface area (TPSA) is 59.0 Å². The quantitative estimate of drug-likeness (QED) is 0.917. The average Bonchev–Trinajstić information content (AvgIpc) is 2.72. The van der Waals surface area contributed by atoms with Gasteiger partial charge in [-0.3, -0.25) is 4.79 Å². The van der Waals surface area contributed by atoms with Gasteiger partial charge in [-0.1, -0.05) is 11.8 Å². The van der Waals surface area contributed by atoms with Gasteiger partial charge in [0.1, 0.15) is 0 Å². The maximum atomic E-state index is 11.4. The van der Waals surface area contributed by atoms with Crippen LogP contribution in [0, 0.1) is 0 Å². The van der Waals surface area contributed by atoms with Gasteiger partial charge in [-0.15, -0.1) is 0 Å². The number of rotatable bonds is 3. The van der Waals surface area contributed by atoms with Crippen LogP contribution < -0.4 is 9.47 Å². The molecule has 0 atom stereocenters. The van der Waals surface area contributed by atoms with Crippen molar-refractivity contribution in [2.24, 2.45) is 0 Å². The zero-order valence-corrected chi connectivity index (χ0v) is 11.8. The van der Waals surface area contributed by atoms with E-state index >= 15 is 0 Å². The molecule has 1 N–H and O–H groups in total. The van der Waals surface area contributed by atoms with Crippen molar-refractivity contribution in [2.45, 2.75) is 0 Å². The number of thioether (sulfide) groups is 1. The van der Waals surface area contributed by atoms with Gasteiger partial charge in [0.2, 0.25) is 11.7 Å². The minimum Gasteiger partial charge on any atom is -0.502 e. The maximum absolute atomic E-state index is 11.4. The summed E-state index contributed by atoms with van der Waals surface area (Å²) in [6.45, 7) is 0. The van der Waals surface area contributed by atoms with E-state index in [1.54, 1.807) is 24.1 Å². The summed E-state index contributed by atoms with van der Waals surface area (Å²) >= 11 is 1.48. The largest absolute Gasteiger partial charge is 0.502 e. The molecule has 1 fully saturated rings. The molecule has 0 aromatic heterocycles. The Labute approximate surface area is 115 Å². The van der Waals surface area contributed by atoms with Crippen molar-refractivity contribution < 1.29 is 19.4 Å². The molecule has 102 valence electrons. The lowest BCUT2D eigenvalue weighted by Crippen LogP contribution is -2.18. The third-order valence-electron chi connectivity index (χ3n) is 2.84. The number of methoxy groups -OCH3 is 2. The van der Waals surface area contributed by atoms with Gasteiger partial charge in [0, 0.05) is 7.05 Å². The Hall–Kier alpha value is -1.82. The Bertz CT molecular complexity index is 516. The summed E-state index contributed by atoms with van der Waals surface area (Å²) in [7, 11) is 4.69. The van der Waals surface area contributed by atoms with Gasteiger partial charge in [-0.25, -0.2) is 0 Å². The molecule has 0 radical (unpaired) electrons. The summed E-state index contributed by atoms with van der Waals surface area (Å²) in [5.74, 6) is 1.17. The molecule has 1 aliphatic rings. The van der Waals surface area contributed by atoms with Gasteiger partial charge in [0.25, 0.3) is 0 Å². The van der Waals surface area contributed by atoms with Crippen LogP contribution in [0.15, 0.2) is 17.2 Å². The Morgan fingerprint density at radius 1 is 1.32 bits per heavy atom. The van der Waals surface area contributed by atoms with Gasteiger partial charge in [-0.2, -0.15) is 0 Å². The molecule has 19 heavy (non-hydrogen) atoms. The van der Waals surface area contributed by atoms with Gasteiger partial charge in [0.15, 0.2) is 11.5 Å². The Morgan fingerprint density at radius 2 is 1.89 bits per heavy atom. The van der Waals surface area contributed by atoms with Crippen LogP contribution in [-0.2, 0) is 4.79 Å². The zero-order valence-electron chi connectivity index (χ0n) is 11.0. The van der Waals surface area contributed by atoms with Crippen molar-refractivity contribution in [3.63, 3.8) is 0 Å². The second-order valence-corrected chi connectivity index (χ2v) is 4.99. The lowest BCUT2D eigenvalue weighted by atomic mass is 10.1. The number of hydrogen-bond acceptors (Lipinski definition) is 5. The van der Waals surface area contributed by atoms with Crippen LogP contribution in [0.4, 0.5) is 0 Å². The smallest absolute Gasteiger partial charge is 0.237 e. The minimum atomic E-state index is -0.0318. The molecule has 1 saturated heterocycles. The molecule has 2 rings (SSSR count). The summed E-state index contributed by atoms with van der Waals surface area (Å²) in [6, 6.07) is 3.39. The molecular formula is C13H15NO4S. The lowest BCUT2D eigenvalue weighted by Gasteiger charge is -2.12. The monoisotopic (exact) mass is 281 g/mol. The summed E-state index contributed by atoms with van der Waals surface area (Å²) in [6.07, 6.45) is 1.86. The molecule has 6 heteroatoms. The number of carbonyl (C=O) groups excluding carboxylic acids is 1. The highest BCUT2D eigenvalue weighted by atomic mass is 32.2. The first kappa shape index (κ1) is 13.6. The van der Waals surface area contributed by atoms with Crippen LogP contribution >= 0.6 is 11.8 Å². The van der Waals surface area contributed by atoms with Crippen LogP contribution in [0.1, 0.15) is 5.56 Å². The van der Waals surface area contributed by atoms with Crippen LogP contribution in [0.5, 0.6) is 17.2 Å². The molecule has 0 spiro atoms. The van der Waals surface area contributed by atoms with E-state index in [9.17, 15) is 9.90 Å². The predicted molar refractivity (Wildman–Crippen MR) is 74.4 cm³/mol. The fourth-order valence-corrected chi connectivity index (χ4v) is 2.71. The van der Waals surface area contributed by atoms with E-state index < -0.39 is 0 Å². The van der Waals surface area contributed by atoms with E-state index in [2.05, 4.69) is 0 Å². The molecule has 0 bridgehead atoms. The normalized spacial score (nSPS) is 17.1. The number of phenols is 1. The SMILES string of the molecule is COc1cc(C=C2SCC(=O)N2C)cc(OC)c1O. The number of ether oxygens (including phenoxy) is 2. The van der Waals surface area contributed by atoms with E-state index in [0.29, 0.717) is 17.3 Å². The first-order chi connectivity index (χ1) is 9.06. The fourth-order valence-electron chi connectivity index (χ4n) is 1.73. The van der Waals surface area contributed by atoms with Gasteiger partial charge in [-0.05, 0) is 23.8 Å².